The lowest BCUT2D eigenvalue weighted by molar-refractivity contribution is -0.152. The second-order valence-electron chi connectivity index (χ2n) is 6.59. The lowest BCUT2D eigenvalue weighted by atomic mass is 10.1. The smallest absolute Gasteiger partial charge is 0.311 e. The number of nitrogens with zero attached hydrogens (tertiary/aromatic N) is 1. The summed E-state index contributed by atoms with van der Waals surface area (Å²) in [4.78, 5) is 37.6. The minimum Gasteiger partial charge on any atom is -0.467 e. The normalized spacial score (nSPS) is 16.2. The third-order valence-electron chi connectivity index (χ3n) is 4.47. The number of carbonyl (C=O) groups is 3. The van der Waals surface area contributed by atoms with Crippen LogP contribution in [0, 0.1) is 5.92 Å². The average molecular weight is 405 g/mol. The van der Waals surface area contributed by atoms with Crippen molar-refractivity contribution in [2.24, 2.45) is 5.92 Å². The summed E-state index contributed by atoms with van der Waals surface area (Å²) in [5, 5.41) is 3.36. The van der Waals surface area contributed by atoms with Crippen molar-refractivity contribution in [1.29, 1.82) is 0 Å². The van der Waals surface area contributed by atoms with Crippen LogP contribution in [0.5, 0.6) is 0 Å². The highest BCUT2D eigenvalue weighted by Crippen LogP contribution is 2.21. The van der Waals surface area contributed by atoms with Crippen molar-refractivity contribution >= 4 is 29.4 Å². The van der Waals surface area contributed by atoms with Gasteiger partial charge in [-0.2, -0.15) is 0 Å². The van der Waals surface area contributed by atoms with E-state index >= 15 is 0 Å². The number of hydrogen-bond donors (Lipinski definition) is 1. The van der Waals surface area contributed by atoms with Crippen LogP contribution in [0.2, 0.25) is 5.02 Å². The van der Waals surface area contributed by atoms with Crippen molar-refractivity contribution in [3.05, 3.63) is 59.0 Å². The molecule has 1 aromatic carbocycles. The highest BCUT2D eigenvalue weighted by atomic mass is 35.5. The maximum absolute atomic E-state index is 12.2. The van der Waals surface area contributed by atoms with E-state index in [1.807, 2.05) is 12.1 Å². The van der Waals surface area contributed by atoms with Crippen LogP contribution in [0.4, 0.5) is 0 Å². The number of benzene rings is 1. The standard InChI is InChI=1S/C20H21ClN2O5/c21-16-5-3-14(4-6-16)7-8-22-18(24)13-28-20(26)15-10-19(25)23(11-15)12-17-2-1-9-27-17/h1-6,9,15H,7-8,10-13H2,(H,22,24)/t15-/m1/s1. The minimum absolute atomic E-state index is 0.0811. The van der Waals surface area contributed by atoms with Gasteiger partial charge in [-0.1, -0.05) is 23.7 Å². The molecule has 2 amide bonds. The van der Waals surface area contributed by atoms with Crippen LogP contribution in [0.3, 0.4) is 0 Å². The Morgan fingerprint density at radius 2 is 2.04 bits per heavy atom. The van der Waals surface area contributed by atoms with Crippen LogP contribution in [0.15, 0.2) is 47.1 Å². The molecule has 8 heteroatoms. The Balaban J connectivity index is 1.36. The van der Waals surface area contributed by atoms with E-state index in [-0.39, 0.29) is 31.4 Å². The summed E-state index contributed by atoms with van der Waals surface area (Å²) in [6.45, 7) is 0.649. The molecule has 28 heavy (non-hydrogen) atoms. The van der Waals surface area contributed by atoms with Crippen LogP contribution in [-0.2, 0) is 32.1 Å². The number of carbonyl (C=O) groups excluding carboxylic acids is 3. The molecule has 0 radical (unpaired) electrons. The zero-order valence-electron chi connectivity index (χ0n) is 15.2. The SMILES string of the molecule is O=C(COC(=O)[C@@H]1CC(=O)N(Cc2ccco2)C1)NCCc1ccc(Cl)cc1. The molecule has 1 aliphatic rings. The lowest BCUT2D eigenvalue weighted by Crippen LogP contribution is -2.32. The van der Waals surface area contributed by atoms with Crippen molar-refractivity contribution in [3.63, 3.8) is 0 Å². The number of amides is 2. The van der Waals surface area contributed by atoms with Gasteiger partial charge in [-0.15, -0.1) is 0 Å². The van der Waals surface area contributed by atoms with Gasteiger partial charge in [0.15, 0.2) is 6.61 Å². The molecule has 1 fully saturated rings. The summed E-state index contributed by atoms with van der Waals surface area (Å²) in [5.74, 6) is -0.959. The van der Waals surface area contributed by atoms with Gasteiger partial charge in [0.25, 0.3) is 5.91 Å². The maximum atomic E-state index is 12.2. The first-order valence-corrected chi connectivity index (χ1v) is 9.37. The Hall–Kier alpha value is -2.80. The van der Waals surface area contributed by atoms with Gasteiger partial charge in [-0.05, 0) is 36.2 Å². The Morgan fingerprint density at radius 1 is 1.25 bits per heavy atom. The molecule has 0 unspecified atom stereocenters. The maximum Gasteiger partial charge on any atom is 0.311 e. The van der Waals surface area contributed by atoms with E-state index in [2.05, 4.69) is 5.32 Å². The van der Waals surface area contributed by atoms with Crippen molar-refractivity contribution in [3.8, 4) is 0 Å². The fourth-order valence-corrected chi connectivity index (χ4v) is 3.10. The second kappa shape index (κ2) is 9.41. The van der Waals surface area contributed by atoms with Crippen LogP contribution in [0.25, 0.3) is 0 Å². The zero-order valence-corrected chi connectivity index (χ0v) is 16.0. The molecule has 1 aromatic heterocycles. The number of esters is 1. The predicted octanol–water partition coefficient (Wildman–Crippen LogP) is 2.18. The molecule has 2 aromatic rings. The number of halogens is 1. The molecule has 1 N–H and O–H groups in total. The zero-order chi connectivity index (χ0) is 19.9. The summed E-state index contributed by atoms with van der Waals surface area (Å²) >= 11 is 5.83. The van der Waals surface area contributed by atoms with E-state index in [9.17, 15) is 14.4 Å². The fourth-order valence-electron chi connectivity index (χ4n) is 2.98. The molecule has 0 bridgehead atoms. The summed E-state index contributed by atoms with van der Waals surface area (Å²) in [6.07, 6.45) is 2.26. The Bertz CT molecular complexity index is 820. The van der Waals surface area contributed by atoms with Gasteiger partial charge in [0, 0.05) is 24.5 Å². The molecular weight excluding hydrogens is 384 g/mol. The van der Waals surface area contributed by atoms with E-state index in [1.54, 1.807) is 29.2 Å². The third kappa shape index (κ3) is 5.60. The lowest BCUT2D eigenvalue weighted by Gasteiger charge is -2.14. The highest BCUT2D eigenvalue weighted by Gasteiger charge is 2.35. The summed E-state index contributed by atoms with van der Waals surface area (Å²) in [7, 11) is 0. The van der Waals surface area contributed by atoms with Gasteiger partial charge in [0.2, 0.25) is 5.91 Å². The van der Waals surface area contributed by atoms with E-state index < -0.39 is 11.9 Å². The number of hydrogen-bond acceptors (Lipinski definition) is 5. The van der Waals surface area contributed by atoms with Crippen molar-refractivity contribution in [2.75, 3.05) is 19.7 Å². The number of likely N-dealkylation sites (tertiary alicyclic amines) is 1. The molecule has 7 nitrogen and oxygen atoms in total. The third-order valence-corrected chi connectivity index (χ3v) is 4.72. The van der Waals surface area contributed by atoms with Crippen molar-refractivity contribution in [1.82, 2.24) is 10.2 Å². The molecule has 1 aliphatic heterocycles. The van der Waals surface area contributed by atoms with E-state index in [0.717, 1.165) is 5.56 Å². The van der Waals surface area contributed by atoms with Gasteiger partial charge >= 0.3 is 5.97 Å². The van der Waals surface area contributed by atoms with Gasteiger partial charge in [0.1, 0.15) is 5.76 Å². The molecule has 0 aliphatic carbocycles. The van der Waals surface area contributed by atoms with Crippen LogP contribution in [-0.4, -0.2) is 42.4 Å². The number of nitrogens with one attached hydrogen (secondary N) is 1. The highest BCUT2D eigenvalue weighted by molar-refractivity contribution is 6.30. The van der Waals surface area contributed by atoms with Crippen LogP contribution >= 0.6 is 11.6 Å². The molecule has 0 saturated carbocycles. The van der Waals surface area contributed by atoms with Gasteiger partial charge in [-0.25, -0.2) is 0 Å². The molecule has 3 rings (SSSR count). The molecular formula is C20H21ClN2O5. The predicted molar refractivity (Wildman–Crippen MR) is 101 cm³/mol. The first-order chi connectivity index (χ1) is 13.5. The number of furan rings is 1. The average Bonchev–Trinajstić information content (AvgIpc) is 3.32. The topological polar surface area (TPSA) is 88.9 Å². The Kier molecular flexibility index (Phi) is 6.71. The van der Waals surface area contributed by atoms with Crippen molar-refractivity contribution in [2.45, 2.75) is 19.4 Å². The van der Waals surface area contributed by atoms with Gasteiger partial charge in [-0.3, -0.25) is 14.4 Å². The van der Waals surface area contributed by atoms with E-state index in [0.29, 0.717) is 30.3 Å². The quantitative estimate of drug-likeness (QED) is 0.681. The summed E-state index contributed by atoms with van der Waals surface area (Å²) < 4.78 is 10.3. The Morgan fingerprint density at radius 3 is 2.75 bits per heavy atom. The van der Waals surface area contributed by atoms with Crippen LogP contribution < -0.4 is 5.32 Å². The minimum atomic E-state index is -0.565. The summed E-state index contributed by atoms with van der Waals surface area (Å²) in [5.41, 5.74) is 1.04. The van der Waals surface area contributed by atoms with E-state index in [4.69, 9.17) is 20.8 Å². The molecule has 0 spiro atoms. The van der Waals surface area contributed by atoms with E-state index in [1.165, 1.54) is 6.26 Å². The van der Waals surface area contributed by atoms with Gasteiger partial charge in [0.05, 0.1) is 18.7 Å². The monoisotopic (exact) mass is 404 g/mol. The Labute approximate surface area is 167 Å². The molecule has 148 valence electrons. The van der Waals surface area contributed by atoms with Crippen LogP contribution in [0.1, 0.15) is 17.7 Å². The van der Waals surface area contributed by atoms with Crippen molar-refractivity contribution < 1.29 is 23.5 Å². The summed E-state index contributed by atoms with van der Waals surface area (Å²) in [6, 6.07) is 10.9. The number of ether oxygens (including phenoxy) is 1. The molecule has 1 saturated heterocycles. The second-order valence-corrected chi connectivity index (χ2v) is 7.03. The first-order valence-electron chi connectivity index (χ1n) is 8.99. The first kappa shape index (κ1) is 19.9. The largest absolute Gasteiger partial charge is 0.467 e. The molecule has 2 heterocycles. The fraction of sp³-hybridized carbons (Fsp3) is 0.350. The molecule has 1 atom stereocenters. The number of rotatable bonds is 8. The van der Waals surface area contributed by atoms with Gasteiger partial charge < -0.3 is 19.4 Å².